The fourth-order valence-corrected chi connectivity index (χ4v) is 5.74. The van der Waals surface area contributed by atoms with Crippen LogP contribution in [0.3, 0.4) is 0 Å². The maximum Gasteiger partial charge on any atom is 1.00 e. The topological polar surface area (TPSA) is 72.5 Å². The van der Waals surface area contributed by atoms with E-state index in [9.17, 15) is 27.9 Å². The number of aliphatic carboxylic acids is 1. The SMILES string of the molecule is CSCCC(NC(=O)c1ccc(CN(CCC2CCCCC2)CC(F)(F)F)cc1-c1ccccc1C)C(=O)[O-].[Li+]. The van der Waals surface area contributed by atoms with Crippen molar-refractivity contribution in [3.63, 3.8) is 0 Å². The van der Waals surface area contributed by atoms with Crippen LogP contribution in [0, 0.1) is 12.8 Å². The summed E-state index contributed by atoms with van der Waals surface area (Å²) >= 11 is 1.47. The van der Waals surface area contributed by atoms with Gasteiger partial charge < -0.3 is 15.2 Å². The van der Waals surface area contributed by atoms with Crippen molar-refractivity contribution >= 4 is 23.6 Å². The van der Waals surface area contributed by atoms with Gasteiger partial charge in [-0.25, -0.2) is 0 Å². The molecule has 0 radical (unpaired) electrons. The summed E-state index contributed by atoms with van der Waals surface area (Å²) in [6, 6.07) is 11.3. The largest absolute Gasteiger partial charge is 1.00 e. The number of alkyl halides is 3. The number of halogens is 3. The number of carbonyl (C=O) groups is 2. The minimum Gasteiger partial charge on any atom is -0.548 e. The van der Waals surface area contributed by atoms with Gasteiger partial charge in [0.05, 0.1) is 18.6 Å². The van der Waals surface area contributed by atoms with Gasteiger partial charge >= 0.3 is 25.0 Å². The molecule has 1 atom stereocenters. The molecular weight excluding hydrogens is 532 g/mol. The number of hydrogen-bond acceptors (Lipinski definition) is 5. The molecule has 1 fully saturated rings. The maximum atomic E-state index is 13.5. The monoisotopic (exact) mass is 570 g/mol. The van der Waals surface area contributed by atoms with Gasteiger partial charge in [-0.3, -0.25) is 9.69 Å². The summed E-state index contributed by atoms with van der Waals surface area (Å²) in [6.07, 6.45) is 4.12. The third-order valence-electron chi connectivity index (χ3n) is 7.35. The molecule has 2 aromatic carbocycles. The van der Waals surface area contributed by atoms with Gasteiger partial charge in [0.2, 0.25) is 0 Å². The summed E-state index contributed by atoms with van der Waals surface area (Å²) in [7, 11) is 0. The van der Waals surface area contributed by atoms with E-state index in [1.807, 2.05) is 37.4 Å². The summed E-state index contributed by atoms with van der Waals surface area (Å²) in [5.41, 5.74) is 3.16. The van der Waals surface area contributed by atoms with E-state index in [2.05, 4.69) is 5.32 Å². The second kappa shape index (κ2) is 16.5. The standard InChI is InChI=1S/C30H39F3N2O3S.Li/c1-21-8-6-7-11-24(21)26-18-23(12-13-25(26)28(36)34-27(29(37)38)15-17-39-2)19-35(20-30(31,32)33)16-14-22-9-4-3-5-10-22;/h6-8,11-13,18,22,27H,3-5,9-10,14-17,19-20H2,1-2H3,(H,34,36)(H,37,38);/q;+1/p-1. The Kier molecular flexibility index (Phi) is 14.1. The van der Waals surface area contributed by atoms with Crippen molar-refractivity contribution < 1.29 is 46.7 Å². The number of carboxylic acid groups (broad SMARTS) is 1. The van der Waals surface area contributed by atoms with Crippen LogP contribution in [0.5, 0.6) is 0 Å². The number of rotatable bonds is 13. The normalized spacial score (nSPS) is 14.9. The molecule has 2 aromatic rings. The van der Waals surface area contributed by atoms with Crippen LogP contribution in [-0.2, 0) is 11.3 Å². The molecule has 1 aliphatic carbocycles. The number of nitrogens with one attached hydrogen (secondary N) is 1. The Morgan fingerprint density at radius 3 is 2.42 bits per heavy atom. The van der Waals surface area contributed by atoms with Crippen molar-refractivity contribution in [1.82, 2.24) is 10.2 Å². The summed E-state index contributed by atoms with van der Waals surface area (Å²) in [4.78, 5) is 26.3. The number of benzene rings is 2. The molecule has 5 nitrogen and oxygen atoms in total. The van der Waals surface area contributed by atoms with Crippen molar-refractivity contribution in [2.45, 2.75) is 70.6 Å². The number of amides is 1. The zero-order chi connectivity index (χ0) is 28.4. The number of nitrogens with zero attached hydrogens (tertiary/aromatic N) is 1. The van der Waals surface area contributed by atoms with Crippen molar-refractivity contribution in [1.29, 1.82) is 0 Å². The molecule has 0 aromatic heterocycles. The van der Waals surface area contributed by atoms with Gasteiger partial charge in [0, 0.05) is 12.1 Å². The van der Waals surface area contributed by atoms with Crippen LogP contribution >= 0.6 is 11.8 Å². The van der Waals surface area contributed by atoms with Crippen molar-refractivity contribution in [2.24, 2.45) is 5.92 Å². The number of hydrogen-bond donors (Lipinski definition) is 1. The molecule has 0 spiro atoms. The minimum absolute atomic E-state index is 0. The molecule has 1 amide bonds. The summed E-state index contributed by atoms with van der Waals surface area (Å²) in [5.74, 6) is -0.907. The van der Waals surface area contributed by atoms with E-state index in [1.165, 1.54) is 23.1 Å². The van der Waals surface area contributed by atoms with Crippen LogP contribution in [0.25, 0.3) is 11.1 Å². The van der Waals surface area contributed by atoms with Crippen LogP contribution in [-0.4, -0.2) is 54.1 Å². The van der Waals surface area contributed by atoms with E-state index in [4.69, 9.17) is 0 Å². The van der Waals surface area contributed by atoms with Crippen molar-refractivity contribution in [2.75, 3.05) is 25.1 Å². The Hall–Kier alpha value is -1.92. The molecule has 0 saturated heterocycles. The number of carboxylic acids is 1. The van der Waals surface area contributed by atoms with Crippen LogP contribution < -0.4 is 29.3 Å². The quantitative estimate of drug-likeness (QED) is 0.375. The Labute approximate surface area is 251 Å². The fraction of sp³-hybridized carbons (Fsp3) is 0.533. The molecule has 3 rings (SSSR count). The second-order valence-corrected chi connectivity index (χ2v) is 11.4. The van der Waals surface area contributed by atoms with E-state index in [1.54, 1.807) is 18.2 Å². The average Bonchev–Trinajstić information content (AvgIpc) is 2.89. The smallest absolute Gasteiger partial charge is 0.548 e. The van der Waals surface area contributed by atoms with Gasteiger partial charge in [-0.15, -0.1) is 0 Å². The third-order valence-corrected chi connectivity index (χ3v) is 8.00. The average molecular weight is 571 g/mol. The molecule has 214 valence electrons. The van der Waals surface area contributed by atoms with Crippen LogP contribution in [0.2, 0.25) is 0 Å². The first kappa shape index (κ1) is 34.3. The van der Waals surface area contributed by atoms with Crippen LogP contribution in [0.15, 0.2) is 42.5 Å². The molecule has 0 bridgehead atoms. The predicted molar refractivity (Wildman–Crippen MR) is 148 cm³/mol. The third kappa shape index (κ3) is 10.8. The number of carbonyl (C=O) groups excluding carboxylic acids is 2. The molecule has 40 heavy (non-hydrogen) atoms. The summed E-state index contributed by atoms with van der Waals surface area (Å²) in [5, 5.41) is 14.2. The zero-order valence-corrected chi connectivity index (χ0v) is 24.5. The molecule has 1 N–H and O–H groups in total. The van der Waals surface area contributed by atoms with E-state index in [0.717, 1.165) is 43.2 Å². The zero-order valence-electron chi connectivity index (χ0n) is 23.7. The van der Waals surface area contributed by atoms with Crippen LogP contribution in [0.4, 0.5) is 13.2 Å². The van der Waals surface area contributed by atoms with E-state index in [-0.39, 0.29) is 37.4 Å². The van der Waals surface area contributed by atoms with Gasteiger partial charge in [0.25, 0.3) is 5.91 Å². The van der Waals surface area contributed by atoms with Crippen molar-refractivity contribution in [3.05, 3.63) is 59.2 Å². The Morgan fingerprint density at radius 2 is 1.80 bits per heavy atom. The number of aryl methyl sites for hydroxylation is 1. The van der Waals surface area contributed by atoms with Gasteiger partial charge in [0.1, 0.15) is 0 Å². The maximum absolute atomic E-state index is 13.5. The minimum atomic E-state index is -4.32. The second-order valence-electron chi connectivity index (χ2n) is 10.4. The van der Waals surface area contributed by atoms with Crippen molar-refractivity contribution in [3.8, 4) is 11.1 Å². The van der Waals surface area contributed by atoms with Gasteiger partial charge in [-0.2, -0.15) is 24.9 Å². The summed E-state index contributed by atoms with van der Waals surface area (Å²) in [6.45, 7) is 1.36. The molecule has 0 heterocycles. The molecule has 10 heteroatoms. The first-order valence-electron chi connectivity index (χ1n) is 13.6. The molecular formula is C30H38F3LiN2O3S. The Bertz CT molecular complexity index is 1110. The Balaban J connectivity index is 0.00000560. The van der Waals surface area contributed by atoms with Gasteiger partial charge in [-0.05, 0) is 78.6 Å². The van der Waals surface area contributed by atoms with Gasteiger partial charge in [-0.1, -0.05) is 62.4 Å². The fourth-order valence-electron chi connectivity index (χ4n) is 5.27. The molecule has 1 saturated carbocycles. The molecule has 1 unspecified atom stereocenters. The van der Waals surface area contributed by atoms with Crippen LogP contribution in [0.1, 0.15) is 66.4 Å². The first-order valence-corrected chi connectivity index (χ1v) is 15.0. The van der Waals surface area contributed by atoms with E-state index in [0.29, 0.717) is 29.3 Å². The Morgan fingerprint density at radius 1 is 1.10 bits per heavy atom. The molecule has 1 aliphatic rings. The van der Waals surface area contributed by atoms with E-state index >= 15 is 0 Å². The van der Waals surface area contributed by atoms with E-state index < -0.39 is 30.6 Å². The number of thioether (sulfide) groups is 1. The summed E-state index contributed by atoms with van der Waals surface area (Å²) < 4.78 is 40.4. The molecule has 0 aliphatic heterocycles. The van der Waals surface area contributed by atoms with Gasteiger partial charge in [0.15, 0.2) is 0 Å². The first-order chi connectivity index (χ1) is 18.6. The predicted octanol–water partition coefficient (Wildman–Crippen LogP) is 2.60.